The summed E-state index contributed by atoms with van der Waals surface area (Å²) in [6, 6.07) is 28.9. The molecule has 2 fully saturated rings. The molecule has 29 nitrogen and oxygen atoms in total. The molecule has 11 rings (SSSR count). The first-order valence-electron chi connectivity index (χ1n) is 31.6. The second-order valence-corrected chi connectivity index (χ2v) is 31.0. The van der Waals surface area contributed by atoms with Gasteiger partial charge in [0.2, 0.25) is 17.8 Å². The molecule has 3 aliphatic rings. The maximum absolute atomic E-state index is 14.0. The Bertz CT molecular complexity index is 4410. The predicted molar refractivity (Wildman–Crippen MR) is 378 cm³/mol. The van der Waals surface area contributed by atoms with Gasteiger partial charge < -0.3 is 70.1 Å². The Labute approximate surface area is 578 Å². The number of H-pyrrole nitrogens is 1. The first-order chi connectivity index (χ1) is 47.4. The fraction of sp³-hybridized carbons (Fsp3) is 0.365. The van der Waals surface area contributed by atoms with Crippen LogP contribution in [0, 0.1) is 0 Å². The molecular formula is C63H74N16O13P3S3+. The maximum Gasteiger partial charge on any atom is 0.343 e. The molecule has 6 atom stereocenters. The predicted octanol–water partition coefficient (Wildman–Crippen LogP) is 8.16. The number of aromatic nitrogens is 8. The minimum atomic E-state index is -3.94. The highest BCUT2D eigenvalue weighted by molar-refractivity contribution is 8.55. The quantitative estimate of drug-likeness (QED) is 0.00852. The number of carbonyl (C=O) groups is 3. The van der Waals surface area contributed by atoms with E-state index in [2.05, 4.69) is 51.0 Å². The second kappa shape index (κ2) is 33.4. The van der Waals surface area contributed by atoms with Crippen molar-refractivity contribution < 1.29 is 62.1 Å². The van der Waals surface area contributed by atoms with Gasteiger partial charge in [-0.05, 0) is 133 Å². The number of amides is 2. The van der Waals surface area contributed by atoms with E-state index in [1.807, 2.05) is 53.4 Å². The number of anilines is 3. The van der Waals surface area contributed by atoms with Crippen LogP contribution < -0.4 is 53.3 Å². The number of nitrogens with two attached hydrogens (primary N) is 3. The van der Waals surface area contributed by atoms with Crippen LogP contribution in [0.1, 0.15) is 116 Å². The van der Waals surface area contributed by atoms with Gasteiger partial charge in [-0.2, -0.15) is 4.98 Å². The minimum Gasteiger partial charge on any atom is -0.492 e. The fourth-order valence-electron chi connectivity index (χ4n) is 11.4. The van der Waals surface area contributed by atoms with Crippen LogP contribution in [-0.4, -0.2) is 119 Å². The first-order valence-corrected chi connectivity index (χ1v) is 39.4. The van der Waals surface area contributed by atoms with Gasteiger partial charge >= 0.3 is 19.3 Å². The maximum atomic E-state index is 14.0. The summed E-state index contributed by atoms with van der Waals surface area (Å²) >= 11 is 11.2. The molecule has 8 aromatic rings. The van der Waals surface area contributed by atoms with Gasteiger partial charge in [-0.15, -0.1) is 0 Å². The lowest BCUT2D eigenvalue weighted by Gasteiger charge is -2.29. The lowest BCUT2D eigenvalue weighted by atomic mass is 9.95. The number of hydrogen-bond acceptors (Lipinski definition) is 23. The molecule has 0 bridgehead atoms. The van der Waals surface area contributed by atoms with Crippen molar-refractivity contribution in [3.8, 4) is 11.5 Å². The number of aromatic amines is 1. The molecule has 4 aromatic carbocycles. The Kier molecular flexibility index (Phi) is 24.4. The van der Waals surface area contributed by atoms with E-state index in [4.69, 9.17) is 73.1 Å². The van der Waals surface area contributed by atoms with E-state index >= 15 is 0 Å². The number of benzene rings is 4. The number of hydrogen-bond donors (Lipinski definition) is 8. The van der Waals surface area contributed by atoms with Crippen LogP contribution in [0.4, 0.5) is 17.5 Å². The molecule has 35 heteroatoms. The molecule has 6 unspecified atom stereocenters. The number of nitrogen functional groups attached to an aromatic ring is 2. The Morgan fingerprint density at radius 2 is 1.55 bits per heavy atom. The summed E-state index contributed by atoms with van der Waals surface area (Å²) in [4.78, 5) is 89.3. The normalized spacial score (nSPS) is 18.6. The van der Waals surface area contributed by atoms with E-state index in [1.165, 1.54) is 17.2 Å². The lowest BCUT2D eigenvalue weighted by molar-refractivity contribution is -0.243. The van der Waals surface area contributed by atoms with Crippen LogP contribution in [0.5, 0.6) is 11.5 Å². The monoisotopic (exact) mass is 1450 g/mol. The standard InChI is InChI=1S/C63H73N16O13P3S3/c64-54-46-13-5-6-14-48(46)77(51(81)16-8-7-15-50(80)68-27-9-1-2-10-29-87-93-96)32-41-11-3-4-12-45(41)55(54)69-28-30-86-42-23-19-40(20-24-42)62(83)91-43-21-17-39(18-22-43)35-98-94(67,84)88-34-49-47(31-53(92-49)79-38-73-57-60(79)74-63(66)75-61(57)82)76-95(85,97)89-33-44-25-26-52(90-44)78-37-72-56-58(65)70-36-71-59(56)78/h3-6,11-14,17-24,36-38,44,49,52-53,69H,1-2,7-10,15-16,25-35,64H2,(H2,67,84)(H,68,80)(H,85,97)(H2,65,70,71)(H3,66,74,75,82)/p+1. The van der Waals surface area contributed by atoms with Crippen LogP contribution >= 0.6 is 32.3 Å². The van der Waals surface area contributed by atoms with E-state index < -0.39 is 49.6 Å². The molecule has 3 aliphatic heterocycles. The number of nitrogens with one attached hydrogen (secondary N) is 3. The van der Waals surface area contributed by atoms with Crippen molar-refractivity contribution in [2.24, 2.45) is 10.3 Å². The first kappa shape index (κ1) is 71.5. The summed E-state index contributed by atoms with van der Waals surface area (Å²) in [5.41, 5.74) is 29.3. The summed E-state index contributed by atoms with van der Waals surface area (Å²) in [6.45, 7) is -6.03. The van der Waals surface area contributed by atoms with E-state index in [-0.39, 0.29) is 90.2 Å². The van der Waals surface area contributed by atoms with Gasteiger partial charge in [-0.3, -0.25) is 38.6 Å². The number of carbonyl (C=O) groups excluding carboxylic acids is 3. The SMILES string of the molecule is Nc1nc2c(ncn2C2CC(=NP(O)(=S)OCC3CCC(n4cnc5c(N)ncnc54)O3)C(COP(N)(=O)SCc3ccc(OC(=O)c4ccc(OCCNC5=C([NH3+])c6ccccc6N(C(=O)CCCCC(=O)NCCCCCCOP=S)Cc6ccccc65)cc4)cc3)O2)c(=O)[nH]1. The number of para-hydroxylation sites is 1. The number of quaternary nitrogens is 1. The van der Waals surface area contributed by atoms with Gasteiger partial charge in [-0.25, -0.2) is 29.5 Å². The number of ether oxygens (including phenoxy) is 4. The molecule has 516 valence electrons. The van der Waals surface area contributed by atoms with Gasteiger partial charge in [0.25, 0.3) is 5.56 Å². The van der Waals surface area contributed by atoms with Crippen molar-refractivity contribution in [3.63, 3.8) is 0 Å². The van der Waals surface area contributed by atoms with Gasteiger partial charge in [0.1, 0.15) is 61.8 Å². The Morgan fingerprint density at radius 3 is 2.36 bits per heavy atom. The zero-order valence-electron chi connectivity index (χ0n) is 53.1. The lowest BCUT2D eigenvalue weighted by Crippen LogP contribution is -2.49. The smallest absolute Gasteiger partial charge is 0.343 e. The Morgan fingerprint density at radius 1 is 0.816 bits per heavy atom. The van der Waals surface area contributed by atoms with Crippen molar-refractivity contribution in [1.29, 1.82) is 0 Å². The van der Waals surface area contributed by atoms with Crippen molar-refractivity contribution in [1.82, 2.24) is 49.7 Å². The van der Waals surface area contributed by atoms with Crippen LogP contribution in [0.3, 0.4) is 0 Å². The summed E-state index contributed by atoms with van der Waals surface area (Å²) in [6.07, 6.45) is 8.26. The van der Waals surface area contributed by atoms with Crippen LogP contribution in [-0.2, 0) is 73.1 Å². The average molecular weight is 1450 g/mol. The summed E-state index contributed by atoms with van der Waals surface area (Å²) in [5.74, 6) is 0.397. The number of rotatable bonds is 32. The van der Waals surface area contributed by atoms with E-state index in [0.717, 1.165) is 70.8 Å². The van der Waals surface area contributed by atoms with Crippen LogP contribution in [0.2, 0.25) is 0 Å². The molecule has 2 saturated heterocycles. The minimum absolute atomic E-state index is 0.00414. The molecule has 7 heterocycles. The van der Waals surface area contributed by atoms with E-state index in [1.54, 1.807) is 59.4 Å². The van der Waals surface area contributed by atoms with Gasteiger partial charge in [0.15, 0.2) is 28.3 Å². The number of unbranched alkanes of at least 4 members (excludes halogenated alkanes) is 4. The highest BCUT2D eigenvalue weighted by Gasteiger charge is 2.38. The Hall–Kier alpha value is -7.77. The largest absolute Gasteiger partial charge is 0.492 e. The molecule has 98 heavy (non-hydrogen) atoms. The number of fused-ring (bicyclic) bond motifs is 4. The van der Waals surface area contributed by atoms with E-state index in [9.17, 15) is 28.6 Å². The third-order valence-electron chi connectivity index (χ3n) is 16.3. The molecule has 13 N–H and O–H groups in total. The number of nitrogens with zero attached hydrogens (tertiary/aromatic N) is 9. The molecule has 0 aliphatic carbocycles. The highest BCUT2D eigenvalue weighted by atomic mass is 32.7. The highest BCUT2D eigenvalue weighted by Crippen LogP contribution is 2.54. The number of esters is 1. The fourth-order valence-corrected chi connectivity index (χ4v) is 15.6. The molecule has 0 spiro atoms. The average Bonchev–Trinajstić information content (AvgIpc) is 1.02. The third kappa shape index (κ3) is 18.6. The zero-order chi connectivity index (χ0) is 68.8. The topological polar surface area (TPSA) is 406 Å². The van der Waals surface area contributed by atoms with E-state index in [0.29, 0.717) is 88.4 Å². The summed E-state index contributed by atoms with van der Waals surface area (Å²) in [7, 11) is 0.530. The van der Waals surface area contributed by atoms with Crippen molar-refractivity contribution in [2.45, 2.75) is 108 Å². The van der Waals surface area contributed by atoms with Crippen molar-refractivity contribution in [2.75, 3.05) is 55.9 Å². The summed E-state index contributed by atoms with van der Waals surface area (Å²) in [5, 5.41) is 6.56. The van der Waals surface area contributed by atoms with Gasteiger partial charge in [0, 0.05) is 43.7 Å². The van der Waals surface area contributed by atoms with Gasteiger partial charge in [0.05, 0.1) is 67.6 Å². The van der Waals surface area contributed by atoms with Crippen molar-refractivity contribution >= 4 is 131 Å². The van der Waals surface area contributed by atoms with Crippen LogP contribution in [0.15, 0.2) is 126 Å². The third-order valence-corrected chi connectivity index (χ3v) is 21.6. The summed E-state index contributed by atoms with van der Waals surface area (Å²) < 4.78 is 62.8. The molecule has 4 aromatic heterocycles. The molecular weight excluding hydrogens is 1380 g/mol. The van der Waals surface area contributed by atoms with Crippen molar-refractivity contribution in [3.05, 3.63) is 154 Å². The Balaban J connectivity index is 0.640. The molecule has 2 amide bonds. The zero-order valence-corrected chi connectivity index (χ0v) is 58.2. The molecule has 0 radical (unpaired) electrons. The second-order valence-electron chi connectivity index (χ2n) is 23.1. The number of imidazole rings is 2. The van der Waals surface area contributed by atoms with Crippen LogP contribution in [0.25, 0.3) is 33.7 Å². The molecule has 0 saturated carbocycles. The van der Waals surface area contributed by atoms with Gasteiger partial charge in [-0.1, -0.05) is 61.4 Å².